The van der Waals surface area contributed by atoms with Gasteiger partial charge in [-0.05, 0) is 19.3 Å². The van der Waals surface area contributed by atoms with Gasteiger partial charge in [0.15, 0.2) is 0 Å². The highest BCUT2D eigenvalue weighted by Gasteiger charge is 2.22. The fourth-order valence-corrected chi connectivity index (χ4v) is 2.93. The molecule has 1 unspecified atom stereocenters. The molecule has 3 heterocycles. The number of nitrogens with one attached hydrogen (secondary N) is 1. The predicted octanol–water partition coefficient (Wildman–Crippen LogP) is 0.243. The zero-order chi connectivity index (χ0) is 12.4. The van der Waals surface area contributed by atoms with Crippen LogP contribution < -0.4 is 5.32 Å². The van der Waals surface area contributed by atoms with Gasteiger partial charge in [-0.1, -0.05) is 0 Å². The number of imidazole rings is 1. The molecule has 100 valence electrons. The summed E-state index contributed by atoms with van der Waals surface area (Å²) < 4.78 is 8.04. The molecule has 0 spiro atoms. The number of hydrogen-bond donors (Lipinski definition) is 2. The third kappa shape index (κ3) is 2.30. The maximum atomic E-state index is 9.39. The van der Waals surface area contributed by atoms with Gasteiger partial charge in [0.05, 0.1) is 25.0 Å². The quantitative estimate of drug-likeness (QED) is 0.808. The minimum absolute atomic E-state index is 0.0547. The van der Waals surface area contributed by atoms with Crippen molar-refractivity contribution in [1.29, 1.82) is 0 Å². The van der Waals surface area contributed by atoms with E-state index in [2.05, 4.69) is 14.9 Å². The number of hydrogen-bond acceptors (Lipinski definition) is 4. The minimum atomic E-state index is 0.0547. The van der Waals surface area contributed by atoms with Crippen LogP contribution in [0.15, 0.2) is 0 Å². The van der Waals surface area contributed by atoms with E-state index in [0.29, 0.717) is 0 Å². The van der Waals surface area contributed by atoms with Crippen LogP contribution >= 0.6 is 0 Å². The largest absolute Gasteiger partial charge is 0.390 e. The van der Waals surface area contributed by atoms with E-state index in [1.54, 1.807) is 0 Å². The lowest BCUT2D eigenvalue weighted by atomic mass is 10.1. The summed E-state index contributed by atoms with van der Waals surface area (Å²) in [7, 11) is 0. The maximum Gasteiger partial charge on any atom is 0.111 e. The van der Waals surface area contributed by atoms with Crippen LogP contribution in [0.2, 0.25) is 0 Å². The molecule has 2 aliphatic rings. The Labute approximate surface area is 107 Å². The zero-order valence-corrected chi connectivity index (χ0v) is 10.7. The summed E-state index contributed by atoms with van der Waals surface area (Å²) in [4.78, 5) is 4.61. The van der Waals surface area contributed by atoms with E-state index in [4.69, 9.17) is 4.74 Å². The Morgan fingerprint density at radius 3 is 3.17 bits per heavy atom. The highest BCUT2D eigenvalue weighted by Crippen LogP contribution is 2.22. The normalized spacial score (nSPS) is 23.9. The Hall–Kier alpha value is -0.910. The highest BCUT2D eigenvalue weighted by atomic mass is 16.5. The van der Waals surface area contributed by atoms with E-state index in [0.717, 1.165) is 50.6 Å². The monoisotopic (exact) mass is 251 g/mol. The van der Waals surface area contributed by atoms with Crippen molar-refractivity contribution in [3.05, 3.63) is 17.2 Å². The average molecular weight is 251 g/mol. The molecule has 1 saturated heterocycles. The van der Waals surface area contributed by atoms with E-state index in [1.165, 1.54) is 18.5 Å². The summed E-state index contributed by atoms with van der Waals surface area (Å²) >= 11 is 0. The second-order valence-corrected chi connectivity index (χ2v) is 5.09. The van der Waals surface area contributed by atoms with Crippen molar-refractivity contribution in [2.75, 3.05) is 19.7 Å². The molecule has 0 aliphatic carbocycles. The molecule has 1 aromatic rings. The van der Waals surface area contributed by atoms with Gasteiger partial charge in [-0.3, -0.25) is 0 Å². The van der Waals surface area contributed by atoms with Crippen LogP contribution in [-0.2, 0) is 30.7 Å². The molecule has 5 heteroatoms. The van der Waals surface area contributed by atoms with Gasteiger partial charge >= 0.3 is 0 Å². The SMILES string of the molecule is OCc1nc(CC2CNCCO2)n2c1CCCC2. The molecule has 1 atom stereocenters. The Balaban J connectivity index is 1.80. The van der Waals surface area contributed by atoms with Crippen molar-refractivity contribution in [1.82, 2.24) is 14.9 Å². The summed E-state index contributed by atoms with van der Waals surface area (Å²) in [6, 6.07) is 0. The van der Waals surface area contributed by atoms with Crippen LogP contribution in [0.4, 0.5) is 0 Å². The second-order valence-electron chi connectivity index (χ2n) is 5.09. The van der Waals surface area contributed by atoms with E-state index >= 15 is 0 Å². The Kier molecular flexibility index (Phi) is 3.63. The molecule has 2 aliphatic heterocycles. The van der Waals surface area contributed by atoms with Crippen LogP contribution in [0.1, 0.15) is 30.1 Å². The van der Waals surface area contributed by atoms with Gasteiger partial charge < -0.3 is 19.7 Å². The first-order chi connectivity index (χ1) is 8.88. The summed E-state index contributed by atoms with van der Waals surface area (Å²) in [6.07, 6.45) is 4.54. The van der Waals surface area contributed by atoms with Gasteiger partial charge in [0.25, 0.3) is 0 Å². The van der Waals surface area contributed by atoms with Crippen molar-refractivity contribution in [2.24, 2.45) is 0 Å². The number of ether oxygens (including phenoxy) is 1. The third-order valence-corrected chi connectivity index (χ3v) is 3.84. The number of aliphatic hydroxyl groups is 1. The van der Waals surface area contributed by atoms with Gasteiger partial charge in [0.1, 0.15) is 5.82 Å². The molecule has 1 aromatic heterocycles. The van der Waals surface area contributed by atoms with E-state index in [9.17, 15) is 5.11 Å². The minimum Gasteiger partial charge on any atom is -0.390 e. The van der Waals surface area contributed by atoms with E-state index < -0.39 is 0 Å². The molecule has 0 amide bonds. The van der Waals surface area contributed by atoms with Gasteiger partial charge in [0, 0.05) is 31.7 Å². The van der Waals surface area contributed by atoms with Crippen LogP contribution in [-0.4, -0.2) is 40.5 Å². The Morgan fingerprint density at radius 1 is 1.44 bits per heavy atom. The Bertz CT molecular complexity index is 411. The van der Waals surface area contributed by atoms with Crippen LogP contribution in [0.25, 0.3) is 0 Å². The van der Waals surface area contributed by atoms with Crippen LogP contribution in [0, 0.1) is 0 Å². The summed E-state index contributed by atoms with van der Waals surface area (Å²) in [5, 5.41) is 12.7. The van der Waals surface area contributed by atoms with Gasteiger partial charge in [-0.25, -0.2) is 4.98 Å². The highest BCUT2D eigenvalue weighted by molar-refractivity contribution is 5.19. The van der Waals surface area contributed by atoms with Crippen molar-refractivity contribution >= 4 is 0 Å². The van der Waals surface area contributed by atoms with Gasteiger partial charge in [-0.2, -0.15) is 0 Å². The molecular weight excluding hydrogens is 230 g/mol. The summed E-state index contributed by atoms with van der Waals surface area (Å²) in [6.45, 7) is 3.72. The molecular formula is C13H21N3O2. The number of fused-ring (bicyclic) bond motifs is 1. The molecule has 0 bridgehead atoms. The maximum absolute atomic E-state index is 9.39. The molecule has 0 aromatic carbocycles. The standard InChI is InChI=1S/C13H21N3O2/c17-9-11-12-3-1-2-5-16(12)13(15-11)7-10-8-14-4-6-18-10/h10,14,17H,1-9H2. The molecule has 1 fully saturated rings. The topological polar surface area (TPSA) is 59.3 Å². The first-order valence-electron chi connectivity index (χ1n) is 6.89. The lowest BCUT2D eigenvalue weighted by molar-refractivity contribution is 0.0274. The van der Waals surface area contributed by atoms with Crippen LogP contribution in [0.3, 0.4) is 0 Å². The number of rotatable bonds is 3. The van der Waals surface area contributed by atoms with Crippen LogP contribution in [0.5, 0.6) is 0 Å². The molecule has 0 saturated carbocycles. The predicted molar refractivity (Wildman–Crippen MR) is 67.4 cm³/mol. The molecule has 2 N–H and O–H groups in total. The average Bonchev–Trinajstić information content (AvgIpc) is 2.78. The van der Waals surface area contributed by atoms with Crippen molar-refractivity contribution in [2.45, 2.75) is 44.9 Å². The first kappa shape index (κ1) is 12.1. The number of aromatic nitrogens is 2. The number of aliphatic hydroxyl groups excluding tert-OH is 1. The van der Waals surface area contributed by atoms with E-state index in [1.807, 2.05) is 0 Å². The van der Waals surface area contributed by atoms with E-state index in [-0.39, 0.29) is 12.7 Å². The fourth-order valence-electron chi connectivity index (χ4n) is 2.93. The lowest BCUT2D eigenvalue weighted by Crippen LogP contribution is -2.40. The van der Waals surface area contributed by atoms with Crippen molar-refractivity contribution in [3.8, 4) is 0 Å². The molecule has 0 radical (unpaired) electrons. The van der Waals surface area contributed by atoms with Crippen molar-refractivity contribution in [3.63, 3.8) is 0 Å². The number of nitrogens with zero attached hydrogens (tertiary/aromatic N) is 2. The van der Waals surface area contributed by atoms with Crippen molar-refractivity contribution < 1.29 is 9.84 Å². The van der Waals surface area contributed by atoms with Gasteiger partial charge in [0.2, 0.25) is 0 Å². The Morgan fingerprint density at radius 2 is 2.39 bits per heavy atom. The number of morpholine rings is 1. The molecule has 18 heavy (non-hydrogen) atoms. The second kappa shape index (κ2) is 5.38. The third-order valence-electron chi connectivity index (χ3n) is 3.84. The smallest absolute Gasteiger partial charge is 0.111 e. The molecule has 3 rings (SSSR count). The van der Waals surface area contributed by atoms with Gasteiger partial charge in [-0.15, -0.1) is 0 Å². The fraction of sp³-hybridized carbons (Fsp3) is 0.769. The summed E-state index contributed by atoms with van der Waals surface area (Å²) in [5.74, 6) is 1.09. The molecule has 5 nitrogen and oxygen atoms in total. The zero-order valence-electron chi connectivity index (χ0n) is 10.7. The summed E-state index contributed by atoms with van der Waals surface area (Å²) in [5.41, 5.74) is 2.11. The first-order valence-corrected chi connectivity index (χ1v) is 6.89. The lowest BCUT2D eigenvalue weighted by Gasteiger charge is -2.24.